The highest BCUT2D eigenvalue weighted by atomic mass is 16.6. The van der Waals surface area contributed by atoms with Gasteiger partial charge in [0.25, 0.3) is 5.69 Å². The van der Waals surface area contributed by atoms with E-state index in [1.807, 2.05) is 0 Å². The van der Waals surface area contributed by atoms with Crippen LogP contribution in [-0.2, 0) is 0 Å². The quantitative estimate of drug-likeness (QED) is 0.673. The van der Waals surface area contributed by atoms with Crippen molar-refractivity contribution in [2.24, 2.45) is 0 Å². The van der Waals surface area contributed by atoms with Crippen LogP contribution in [-0.4, -0.2) is 30.2 Å². The molecule has 0 amide bonds. The molecule has 0 aliphatic rings. The van der Waals surface area contributed by atoms with Crippen molar-refractivity contribution in [3.8, 4) is 22.6 Å². The van der Waals surface area contributed by atoms with E-state index in [9.17, 15) is 20.0 Å². The molecular formula is C15H13NO6. The minimum atomic E-state index is -1.25. The lowest BCUT2D eigenvalue weighted by atomic mass is 9.98. The van der Waals surface area contributed by atoms with Crippen LogP contribution in [0.15, 0.2) is 36.4 Å². The van der Waals surface area contributed by atoms with Crippen molar-refractivity contribution >= 4 is 11.7 Å². The van der Waals surface area contributed by atoms with Gasteiger partial charge in [-0.3, -0.25) is 10.1 Å². The average molecular weight is 303 g/mol. The zero-order chi connectivity index (χ0) is 16.3. The Hall–Kier alpha value is -3.09. The van der Waals surface area contributed by atoms with Gasteiger partial charge in [0.1, 0.15) is 11.5 Å². The van der Waals surface area contributed by atoms with Crippen molar-refractivity contribution < 1.29 is 24.3 Å². The van der Waals surface area contributed by atoms with Gasteiger partial charge in [0.15, 0.2) is 0 Å². The first-order valence-corrected chi connectivity index (χ1v) is 6.21. The second-order valence-corrected chi connectivity index (χ2v) is 4.39. The minimum absolute atomic E-state index is 0.162. The van der Waals surface area contributed by atoms with Gasteiger partial charge in [-0.15, -0.1) is 0 Å². The molecule has 1 N–H and O–H groups in total. The van der Waals surface area contributed by atoms with Gasteiger partial charge in [0, 0.05) is 18.2 Å². The maximum Gasteiger partial charge on any atom is 0.336 e. The molecule has 0 saturated heterocycles. The number of nitro benzene ring substituents is 1. The molecule has 7 heteroatoms. The summed E-state index contributed by atoms with van der Waals surface area (Å²) in [6, 6.07) is 8.61. The van der Waals surface area contributed by atoms with Crippen LogP contribution in [0.5, 0.6) is 11.5 Å². The van der Waals surface area contributed by atoms with E-state index in [0.29, 0.717) is 22.6 Å². The second kappa shape index (κ2) is 6.13. The lowest BCUT2D eigenvalue weighted by Crippen LogP contribution is -2.01. The highest BCUT2D eigenvalue weighted by Crippen LogP contribution is 2.33. The molecule has 2 aromatic rings. The fourth-order valence-electron chi connectivity index (χ4n) is 2.04. The van der Waals surface area contributed by atoms with Crippen molar-refractivity contribution in [1.29, 1.82) is 0 Å². The predicted octanol–water partition coefficient (Wildman–Crippen LogP) is 2.98. The van der Waals surface area contributed by atoms with Crippen LogP contribution < -0.4 is 9.47 Å². The highest BCUT2D eigenvalue weighted by Gasteiger charge is 2.18. The Balaban J connectivity index is 2.66. The van der Waals surface area contributed by atoms with E-state index in [1.165, 1.54) is 26.4 Å². The van der Waals surface area contributed by atoms with Crippen LogP contribution in [0.1, 0.15) is 10.4 Å². The number of nitrogens with zero attached hydrogens (tertiary/aromatic N) is 1. The molecule has 2 aromatic carbocycles. The number of hydrogen-bond acceptors (Lipinski definition) is 5. The van der Waals surface area contributed by atoms with Gasteiger partial charge in [-0.2, -0.15) is 0 Å². The molecule has 0 aromatic heterocycles. The molecule has 0 saturated carbocycles. The number of non-ortho nitro benzene ring substituents is 1. The van der Waals surface area contributed by atoms with E-state index in [4.69, 9.17) is 9.47 Å². The van der Waals surface area contributed by atoms with Crippen LogP contribution in [0.25, 0.3) is 11.1 Å². The van der Waals surface area contributed by atoms with Gasteiger partial charge in [-0.1, -0.05) is 0 Å². The van der Waals surface area contributed by atoms with Crippen molar-refractivity contribution in [2.75, 3.05) is 14.2 Å². The van der Waals surface area contributed by atoms with Gasteiger partial charge in [-0.05, 0) is 29.3 Å². The molecule has 0 aliphatic carbocycles. The number of carboxylic acids is 1. The lowest BCUT2D eigenvalue weighted by Gasteiger charge is -2.10. The Morgan fingerprint density at radius 3 is 2.14 bits per heavy atom. The molecule has 0 fully saturated rings. The number of carbonyl (C=O) groups is 1. The number of benzene rings is 2. The summed E-state index contributed by atoms with van der Waals surface area (Å²) in [4.78, 5) is 21.6. The van der Waals surface area contributed by atoms with Gasteiger partial charge in [-0.25, -0.2) is 4.79 Å². The topological polar surface area (TPSA) is 98.9 Å². The van der Waals surface area contributed by atoms with Crippen LogP contribution >= 0.6 is 0 Å². The van der Waals surface area contributed by atoms with Crippen molar-refractivity contribution in [3.63, 3.8) is 0 Å². The number of ether oxygens (including phenoxy) is 2. The molecule has 22 heavy (non-hydrogen) atoms. The van der Waals surface area contributed by atoms with E-state index < -0.39 is 10.9 Å². The Bertz CT molecular complexity index is 719. The average Bonchev–Trinajstić information content (AvgIpc) is 2.53. The molecule has 0 spiro atoms. The number of nitro groups is 1. The van der Waals surface area contributed by atoms with Crippen LogP contribution in [0.4, 0.5) is 5.69 Å². The highest BCUT2D eigenvalue weighted by molar-refractivity contribution is 5.97. The summed E-state index contributed by atoms with van der Waals surface area (Å²) in [6.07, 6.45) is 0. The minimum Gasteiger partial charge on any atom is -0.497 e. The van der Waals surface area contributed by atoms with E-state index in [0.717, 1.165) is 6.07 Å². The largest absolute Gasteiger partial charge is 0.497 e. The van der Waals surface area contributed by atoms with Crippen LogP contribution in [0.2, 0.25) is 0 Å². The van der Waals surface area contributed by atoms with E-state index in [2.05, 4.69) is 0 Å². The summed E-state index contributed by atoms with van der Waals surface area (Å²) >= 11 is 0. The molecule has 0 aliphatic heterocycles. The summed E-state index contributed by atoms with van der Waals surface area (Å²) < 4.78 is 10.3. The van der Waals surface area contributed by atoms with Gasteiger partial charge < -0.3 is 14.6 Å². The number of methoxy groups -OCH3 is 2. The zero-order valence-electron chi connectivity index (χ0n) is 11.9. The summed E-state index contributed by atoms with van der Waals surface area (Å²) in [6.45, 7) is 0. The number of hydrogen-bond donors (Lipinski definition) is 1. The summed E-state index contributed by atoms with van der Waals surface area (Å²) in [5, 5.41) is 20.1. The normalized spacial score (nSPS) is 10.1. The first-order chi connectivity index (χ1) is 10.5. The molecule has 114 valence electrons. The molecular weight excluding hydrogens is 290 g/mol. The third-order valence-electron chi connectivity index (χ3n) is 3.11. The SMILES string of the molecule is COc1cc(OC)cc(-c2ccc([N+](=O)[O-])cc2C(=O)O)c1. The fourth-order valence-corrected chi connectivity index (χ4v) is 2.04. The third-order valence-corrected chi connectivity index (χ3v) is 3.11. The number of rotatable bonds is 5. The van der Waals surface area contributed by atoms with E-state index >= 15 is 0 Å². The number of carboxylic acid groups (broad SMARTS) is 1. The van der Waals surface area contributed by atoms with Gasteiger partial charge in [0.2, 0.25) is 0 Å². The van der Waals surface area contributed by atoms with Crippen molar-refractivity contribution in [2.45, 2.75) is 0 Å². The van der Waals surface area contributed by atoms with Gasteiger partial charge in [0.05, 0.1) is 24.7 Å². The fraction of sp³-hybridized carbons (Fsp3) is 0.133. The van der Waals surface area contributed by atoms with E-state index in [1.54, 1.807) is 18.2 Å². The first kappa shape index (κ1) is 15.3. The van der Waals surface area contributed by atoms with Crippen molar-refractivity contribution in [3.05, 3.63) is 52.1 Å². The Morgan fingerprint density at radius 2 is 1.68 bits per heavy atom. The molecule has 0 atom stereocenters. The van der Waals surface area contributed by atoms with Crippen LogP contribution in [0, 0.1) is 10.1 Å². The van der Waals surface area contributed by atoms with Crippen molar-refractivity contribution in [1.82, 2.24) is 0 Å². The zero-order valence-corrected chi connectivity index (χ0v) is 11.9. The molecule has 0 radical (unpaired) electrons. The Kier molecular flexibility index (Phi) is 4.26. The van der Waals surface area contributed by atoms with E-state index in [-0.39, 0.29) is 11.3 Å². The molecule has 0 heterocycles. The standard InChI is InChI=1S/C15H13NO6/c1-21-11-5-9(6-12(8-11)22-2)13-4-3-10(16(19)20)7-14(13)15(17)18/h3-8H,1-2H3,(H,17,18). The van der Waals surface area contributed by atoms with Crippen LogP contribution in [0.3, 0.4) is 0 Å². The maximum absolute atomic E-state index is 11.4. The molecule has 0 unspecified atom stereocenters. The summed E-state index contributed by atoms with van der Waals surface area (Å²) in [5.74, 6) is -0.270. The monoisotopic (exact) mass is 303 g/mol. The molecule has 0 bridgehead atoms. The third kappa shape index (κ3) is 2.98. The Labute approximate surface area is 125 Å². The summed E-state index contributed by atoms with van der Waals surface area (Å²) in [5.41, 5.74) is 0.430. The molecule has 7 nitrogen and oxygen atoms in total. The molecule has 2 rings (SSSR count). The van der Waals surface area contributed by atoms with Gasteiger partial charge >= 0.3 is 5.97 Å². The second-order valence-electron chi connectivity index (χ2n) is 4.39. The predicted molar refractivity (Wildman–Crippen MR) is 78.6 cm³/mol. The maximum atomic E-state index is 11.4. The Morgan fingerprint density at radius 1 is 1.09 bits per heavy atom. The smallest absolute Gasteiger partial charge is 0.336 e. The number of aromatic carboxylic acids is 1. The lowest BCUT2D eigenvalue weighted by molar-refractivity contribution is -0.384. The summed E-state index contributed by atoms with van der Waals surface area (Å²) in [7, 11) is 2.96. The first-order valence-electron chi connectivity index (χ1n) is 6.21.